The van der Waals surface area contributed by atoms with Gasteiger partial charge in [-0.1, -0.05) is 17.7 Å². The lowest BCUT2D eigenvalue weighted by Gasteiger charge is -2.22. The summed E-state index contributed by atoms with van der Waals surface area (Å²) in [7, 11) is 0. The number of alkyl halides is 3. The smallest absolute Gasteiger partial charge is 0.369 e. The second kappa shape index (κ2) is 8.13. The van der Waals surface area contributed by atoms with Gasteiger partial charge in [-0.15, -0.1) is 0 Å². The van der Waals surface area contributed by atoms with Gasteiger partial charge in [-0.05, 0) is 37.1 Å². The van der Waals surface area contributed by atoms with Crippen molar-refractivity contribution in [3.05, 3.63) is 65.9 Å². The van der Waals surface area contributed by atoms with Gasteiger partial charge in [0.25, 0.3) is 0 Å². The van der Waals surface area contributed by atoms with Crippen LogP contribution in [0.15, 0.2) is 54.8 Å². The number of aromatic nitrogens is 2. The van der Waals surface area contributed by atoms with Crippen LogP contribution in [0.25, 0.3) is 0 Å². The minimum Gasteiger partial charge on any atom is -0.369 e. The molecule has 1 aromatic carbocycles. The molecule has 3 rings (SSSR count). The Morgan fingerprint density at radius 1 is 1.21 bits per heavy atom. The molecule has 148 valence electrons. The molecule has 1 aliphatic heterocycles. The van der Waals surface area contributed by atoms with Crippen LogP contribution in [-0.4, -0.2) is 27.0 Å². The fourth-order valence-corrected chi connectivity index (χ4v) is 2.43. The minimum absolute atomic E-state index is 0.138. The third kappa shape index (κ3) is 5.10. The summed E-state index contributed by atoms with van der Waals surface area (Å²) in [6.45, 7) is 1.85. The molecule has 2 aromatic rings. The first-order valence-electron chi connectivity index (χ1n) is 8.25. The summed E-state index contributed by atoms with van der Waals surface area (Å²) in [5.41, 5.74) is 2.66. The van der Waals surface area contributed by atoms with Crippen LogP contribution in [0.2, 0.25) is 0 Å². The van der Waals surface area contributed by atoms with Crippen molar-refractivity contribution >= 4 is 12.0 Å². The number of benzene rings is 1. The van der Waals surface area contributed by atoms with Gasteiger partial charge in [0.2, 0.25) is 11.8 Å². The van der Waals surface area contributed by atoms with Crippen molar-refractivity contribution in [2.45, 2.75) is 25.6 Å². The standard InChI is InChI=1S/C17H17F3N6O2/c1-11(9-12-3-5-13(6-4-12)17(18,19)20)26-10-14(28-25-26)23-16(27)24-15-21-7-2-8-22-15/h2-8,10-11,25H,9H2,1H3,(H2,21,22,23,24,27). The first-order chi connectivity index (χ1) is 13.3. The number of halogens is 3. The number of hydrogen-bond donors (Lipinski definition) is 3. The van der Waals surface area contributed by atoms with Gasteiger partial charge in [0, 0.05) is 18.4 Å². The normalized spacial score (nSPS) is 14.9. The van der Waals surface area contributed by atoms with Crippen LogP contribution < -0.4 is 16.2 Å². The number of nitrogens with one attached hydrogen (secondary N) is 3. The molecular formula is C17H17F3N6O2. The number of anilines is 1. The van der Waals surface area contributed by atoms with E-state index in [2.05, 4.69) is 26.2 Å². The van der Waals surface area contributed by atoms with E-state index in [0.717, 1.165) is 17.7 Å². The second-order valence-corrected chi connectivity index (χ2v) is 5.99. The summed E-state index contributed by atoms with van der Waals surface area (Å²) in [6.07, 6.45) is 0.603. The molecule has 0 saturated heterocycles. The molecule has 0 spiro atoms. The highest BCUT2D eigenvalue weighted by Gasteiger charge is 2.30. The first-order valence-corrected chi connectivity index (χ1v) is 8.25. The van der Waals surface area contributed by atoms with Crippen LogP contribution >= 0.6 is 0 Å². The van der Waals surface area contributed by atoms with Gasteiger partial charge in [-0.3, -0.25) is 15.6 Å². The van der Waals surface area contributed by atoms with E-state index in [-0.39, 0.29) is 17.9 Å². The third-order valence-corrected chi connectivity index (χ3v) is 3.83. The van der Waals surface area contributed by atoms with Crippen molar-refractivity contribution in [3.8, 4) is 0 Å². The van der Waals surface area contributed by atoms with E-state index < -0.39 is 17.8 Å². The maximum atomic E-state index is 12.6. The number of rotatable bonds is 5. The molecule has 0 radical (unpaired) electrons. The maximum absolute atomic E-state index is 12.6. The van der Waals surface area contributed by atoms with Gasteiger partial charge < -0.3 is 4.84 Å². The lowest BCUT2D eigenvalue weighted by Crippen LogP contribution is -2.37. The number of carbonyl (C=O) groups excluding carboxylic acids is 1. The van der Waals surface area contributed by atoms with E-state index in [0.29, 0.717) is 6.42 Å². The SMILES string of the molecule is CC(Cc1ccc(C(F)(F)F)cc1)N1C=C(NC(=O)Nc2ncccn2)ON1. The Balaban J connectivity index is 1.53. The Kier molecular flexibility index (Phi) is 5.64. The zero-order valence-corrected chi connectivity index (χ0v) is 14.7. The molecule has 8 nitrogen and oxygen atoms in total. The molecule has 1 aliphatic rings. The van der Waals surface area contributed by atoms with Gasteiger partial charge in [0.15, 0.2) is 0 Å². The van der Waals surface area contributed by atoms with E-state index in [1.165, 1.54) is 30.7 Å². The van der Waals surface area contributed by atoms with Crippen molar-refractivity contribution in [1.29, 1.82) is 0 Å². The average Bonchev–Trinajstić information content (AvgIpc) is 3.10. The fraction of sp³-hybridized carbons (Fsp3) is 0.235. The fourth-order valence-electron chi connectivity index (χ4n) is 2.43. The second-order valence-electron chi connectivity index (χ2n) is 5.99. The van der Waals surface area contributed by atoms with Crippen molar-refractivity contribution in [2.24, 2.45) is 0 Å². The predicted molar refractivity (Wildman–Crippen MR) is 92.9 cm³/mol. The van der Waals surface area contributed by atoms with Crippen LogP contribution in [0.1, 0.15) is 18.1 Å². The van der Waals surface area contributed by atoms with E-state index in [1.807, 2.05) is 6.92 Å². The van der Waals surface area contributed by atoms with Gasteiger partial charge >= 0.3 is 12.2 Å². The van der Waals surface area contributed by atoms with E-state index in [1.54, 1.807) is 11.1 Å². The number of hydrazine groups is 1. The molecule has 11 heteroatoms. The molecule has 2 amide bonds. The van der Waals surface area contributed by atoms with E-state index in [9.17, 15) is 18.0 Å². The summed E-state index contributed by atoms with van der Waals surface area (Å²) < 4.78 is 37.9. The molecule has 1 atom stereocenters. The monoisotopic (exact) mass is 394 g/mol. The van der Waals surface area contributed by atoms with Crippen LogP contribution in [-0.2, 0) is 17.4 Å². The predicted octanol–water partition coefficient (Wildman–Crippen LogP) is 2.80. The number of amides is 2. The average molecular weight is 394 g/mol. The minimum atomic E-state index is -4.36. The summed E-state index contributed by atoms with van der Waals surface area (Å²) >= 11 is 0. The molecule has 0 fully saturated rings. The van der Waals surface area contributed by atoms with Crippen molar-refractivity contribution < 1.29 is 22.8 Å². The number of carbonyl (C=O) groups is 1. The first kappa shape index (κ1) is 19.4. The van der Waals surface area contributed by atoms with Crippen LogP contribution in [0, 0.1) is 0 Å². The Morgan fingerprint density at radius 2 is 1.89 bits per heavy atom. The van der Waals surface area contributed by atoms with Gasteiger partial charge in [0.1, 0.15) is 0 Å². The van der Waals surface area contributed by atoms with Crippen LogP contribution in [0.4, 0.5) is 23.9 Å². The van der Waals surface area contributed by atoms with Gasteiger partial charge in [0.05, 0.1) is 11.8 Å². The highest BCUT2D eigenvalue weighted by atomic mass is 19.4. The van der Waals surface area contributed by atoms with E-state index in [4.69, 9.17) is 4.84 Å². The topological polar surface area (TPSA) is 91.4 Å². The van der Waals surface area contributed by atoms with Gasteiger partial charge in [-0.2, -0.15) is 13.2 Å². The summed E-state index contributed by atoms with van der Waals surface area (Å²) in [5.74, 6) is 0.284. The highest BCUT2D eigenvalue weighted by molar-refractivity contribution is 5.88. The number of nitrogens with zero attached hydrogens (tertiary/aromatic N) is 3. The van der Waals surface area contributed by atoms with E-state index >= 15 is 0 Å². The Morgan fingerprint density at radius 3 is 2.54 bits per heavy atom. The molecule has 0 aliphatic carbocycles. The Hall–Kier alpha value is -3.34. The summed E-state index contributed by atoms with van der Waals surface area (Å²) in [6, 6.07) is 5.85. The van der Waals surface area contributed by atoms with Gasteiger partial charge in [-0.25, -0.2) is 14.8 Å². The molecule has 0 saturated carbocycles. The van der Waals surface area contributed by atoms with Crippen molar-refractivity contribution in [1.82, 2.24) is 25.9 Å². The number of hydrogen-bond acceptors (Lipinski definition) is 6. The zero-order chi connectivity index (χ0) is 20.1. The maximum Gasteiger partial charge on any atom is 0.416 e. The molecular weight excluding hydrogens is 377 g/mol. The molecule has 0 bridgehead atoms. The highest BCUT2D eigenvalue weighted by Crippen LogP contribution is 2.29. The third-order valence-electron chi connectivity index (χ3n) is 3.83. The summed E-state index contributed by atoms with van der Waals surface area (Å²) in [4.78, 5) is 24.8. The van der Waals surface area contributed by atoms with Crippen LogP contribution in [0.5, 0.6) is 0 Å². The Labute approximate surface area is 158 Å². The van der Waals surface area contributed by atoms with Crippen LogP contribution in [0.3, 0.4) is 0 Å². The lowest BCUT2D eigenvalue weighted by atomic mass is 10.0. The lowest BCUT2D eigenvalue weighted by molar-refractivity contribution is -0.137. The quantitative estimate of drug-likeness (QED) is 0.723. The Bertz CT molecular complexity index is 842. The molecule has 1 aromatic heterocycles. The van der Waals surface area contributed by atoms with Crippen molar-refractivity contribution in [2.75, 3.05) is 5.32 Å². The molecule has 2 heterocycles. The molecule has 28 heavy (non-hydrogen) atoms. The molecule has 3 N–H and O–H groups in total. The number of urea groups is 1. The summed E-state index contributed by atoms with van der Waals surface area (Å²) in [5, 5.41) is 6.51. The molecule has 1 unspecified atom stereocenters. The van der Waals surface area contributed by atoms with Crippen molar-refractivity contribution in [3.63, 3.8) is 0 Å². The largest absolute Gasteiger partial charge is 0.416 e. The zero-order valence-electron chi connectivity index (χ0n) is 14.7.